The summed E-state index contributed by atoms with van der Waals surface area (Å²) in [6, 6.07) is 54.7. The number of rotatable bonds is 10. The van der Waals surface area contributed by atoms with Crippen molar-refractivity contribution >= 4 is 12.2 Å². The van der Waals surface area contributed by atoms with Gasteiger partial charge in [0, 0.05) is 5.41 Å². The molecule has 252 valence electrons. The summed E-state index contributed by atoms with van der Waals surface area (Å²) in [5, 5.41) is 0. The zero-order valence-electron chi connectivity index (χ0n) is 30.5. The van der Waals surface area contributed by atoms with Crippen molar-refractivity contribution in [3.8, 4) is 22.3 Å². The van der Waals surface area contributed by atoms with E-state index in [0.29, 0.717) is 11.8 Å². The van der Waals surface area contributed by atoms with E-state index in [1.165, 1.54) is 77.9 Å². The zero-order chi connectivity index (χ0) is 35.0. The molecule has 0 aromatic heterocycles. The minimum atomic E-state index is -0.200. The third-order valence-electron chi connectivity index (χ3n) is 11.4. The molecule has 2 aliphatic rings. The van der Waals surface area contributed by atoms with E-state index in [1.807, 2.05) is 0 Å². The highest BCUT2D eigenvalue weighted by molar-refractivity contribution is 5.85. The van der Waals surface area contributed by atoms with E-state index in [0.717, 1.165) is 25.7 Å². The summed E-state index contributed by atoms with van der Waals surface area (Å²) in [4.78, 5) is 0. The van der Waals surface area contributed by atoms with Crippen molar-refractivity contribution < 1.29 is 0 Å². The Labute approximate surface area is 305 Å². The van der Waals surface area contributed by atoms with Gasteiger partial charge in [0.2, 0.25) is 0 Å². The van der Waals surface area contributed by atoms with Crippen LogP contribution in [0.5, 0.6) is 0 Å². The molecule has 0 fully saturated rings. The van der Waals surface area contributed by atoms with E-state index in [-0.39, 0.29) is 5.41 Å². The highest BCUT2D eigenvalue weighted by Gasteiger charge is 2.42. The Morgan fingerprint density at radius 3 is 1.27 bits per heavy atom. The van der Waals surface area contributed by atoms with E-state index in [4.69, 9.17) is 0 Å². The molecule has 0 spiro atoms. The molecule has 0 radical (unpaired) electrons. The number of hydrogen-bond acceptors (Lipinski definition) is 0. The van der Waals surface area contributed by atoms with Crippen molar-refractivity contribution in [2.24, 2.45) is 5.41 Å². The number of fused-ring (bicyclic) bond motifs is 2. The summed E-state index contributed by atoms with van der Waals surface area (Å²) in [6.45, 7) is 9.14. The Morgan fingerprint density at radius 1 is 0.451 bits per heavy atom. The van der Waals surface area contributed by atoms with Gasteiger partial charge in [-0.25, -0.2) is 0 Å². The molecule has 0 heterocycles. The minimum Gasteiger partial charge on any atom is -0.0622 e. The fourth-order valence-corrected chi connectivity index (χ4v) is 8.60. The van der Waals surface area contributed by atoms with Gasteiger partial charge in [-0.15, -0.1) is 0 Å². The summed E-state index contributed by atoms with van der Waals surface area (Å²) in [6.07, 6.45) is 9.02. The molecule has 0 bridgehead atoms. The number of hydrogen-bond donors (Lipinski definition) is 0. The van der Waals surface area contributed by atoms with E-state index >= 15 is 0 Å². The Kier molecular flexibility index (Phi) is 8.95. The second kappa shape index (κ2) is 13.8. The van der Waals surface area contributed by atoms with Crippen LogP contribution in [0.2, 0.25) is 0 Å². The third kappa shape index (κ3) is 6.45. The van der Waals surface area contributed by atoms with Gasteiger partial charge in [0.15, 0.2) is 0 Å². The van der Waals surface area contributed by atoms with Crippen LogP contribution in [-0.2, 0) is 25.7 Å². The van der Waals surface area contributed by atoms with Crippen LogP contribution in [0.4, 0.5) is 0 Å². The van der Waals surface area contributed by atoms with Crippen LogP contribution >= 0.6 is 0 Å². The first-order valence-electron chi connectivity index (χ1n) is 18.8. The smallest absolute Gasteiger partial charge is 0.0214 e. The molecule has 0 atom stereocenters. The average Bonchev–Trinajstić information content (AvgIpc) is 3.81. The second-order valence-electron chi connectivity index (χ2n) is 15.4. The van der Waals surface area contributed by atoms with Crippen LogP contribution in [0, 0.1) is 5.41 Å². The van der Waals surface area contributed by atoms with Gasteiger partial charge in [0.25, 0.3) is 0 Å². The Hall–Kier alpha value is -5.20. The van der Waals surface area contributed by atoms with E-state index < -0.39 is 0 Å². The maximum Gasteiger partial charge on any atom is 0.0214 e. The molecule has 2 aliphatic carbocycles. The zero-order valence-corrected chi connectivity index (χ0v) is 30.5. The van der Waals surface area contributed by atoms with Crippen molar-refractivity contribution in [3.63, 3.8) is 0 Å². The Bertz CT molecular complexity index is 2080. The monoisotopic (exact) mass is 660 g/mol. The molecule has 0 amide bonds. The van der Waals surface area contributed by atoms with Gasteiger partial charge in [0.1, 0.15) is 0 Å². The molecular weight excluding hydrogens is 613 g/mol. The van der Waals surface area contributed by atoms with Crippen molar-refractivity contribution in [2.45, 2.75) is 65.2 Å². The van der Waals surface area contributed by atoms with E-state index in [9.17, 15) is 0 Å². The van der Waals surface area contributed by atoms with Crippen molar-refractivity contribution in [3.05, 3.63) is 201 Å². The first-order valence-corrected chi connectivity index (χ1v) is 18.8. The van der Waals surface area contributed by atoms with Gasteiger partial charge in [-0.2, -0.15) is 0 Å². The lowest BCUT2D eigenvalue weighted by atomic mass is 9.65. The van der Waals surface area contributed by atoms with Crippen molar-refractivity contribution in [1.29, 1.82) is 0 Å². The third-order valence-corrected chi connectivity index (χ3v) is 11.4. The molecule has 0 heteroatoms. The molecule has 0 nitrogen and oxygen atoms in total. The van der Waals surface area contributed by atoms with Gasteiger partial charge in [0.05, 0.1) is 0 Å². The van der Waals surface area contributed by atoms with E-state index in [2.05, 4.69) is 185 Å². The van der Waals surface area contributed by atoms with Crippen LogP contribution in [0.15, 0.2) is 157 Å². The first-order chi connectivity index (χ1) is 24.9. The Morgan fingerprint density at radius 2 is 0.863 bits per heavy atom. The van der Waals surface area contributed by atoms with Gasteiger partial charge < -0.3 is 0 Å². The second-order valence-corrected chi connectivity index (χ2v) is 15.4. The topological polar surface area (TPSA) is 0 Å². The van der Waals surface area contributed by atoms with Crippen LogP contribution in [0.25, 0.3) is 34.4 Å². The predicted molar refractivity (Wildman–Crippen MR) is 218 cm³/mol. The number of benzene rings is 6. The maximum absolute atomic E-state index is 2.59. The van der Waals surface area contributed by atoms with Crippen LogP contribution < -0.4 is 0 Å². The summed E-state index contributed by atoms with van der Waals surface area (Å²) in [7, 11) is 0. The van der Waals surface area contributed by atoms with Crippen molar-refractivity contribution in [2.75, 3.05) is 0 Å². The maximum atomic E-state index is 2.59. The minimum absolute atomic E-state index is 0.200. The first kappa shape index (κ1) is 33.0. The van der Waals surface area contributed by atoms with Gasteiger partial charge in [-0.3, -0.25) is 0 Å². The highest BCUT2D eigenvalue weighted by Crippen LogP contribution is 2.52. The quantitative estimate of drug-likeness (QED) is 0.137. The largest absolute Gasteiger partial charge is 0.0622 e. The standard InChI is InChI=1S/C51H48/c1-35(2)39-19-11-21-41(27-39)47-25-13-23-43-29-45(31-49(43)47)51(33-37-15-7-5-8-16-37,34-38-17-9-6-10-18-38)46-30-44-24-14-26-48(50(44)32-46)42-22-12-20-40(28-42)36(3)4/h5-28,31-32,35-36H,29-30,33-34H2,1-4H3. The van der Waals surface area contributed by atoms with Gasteiger partial charge in [-0.1, -0.05) is 197 Å². The predicted octanol–water partition coefficient (Wildman–Crippen LogP) is 13.3. The fraction of sp³-hybridized carbons (Fsp3) is 0.216. The molecule has 0 unspecified atom stereocenters. The molecule has 6 aromatic rings. The van der Waals surface area contributed by atoms with Gasteiger partial charge in [-0.05, 0) is 104 Å². The molecule has 0 saturated heterocycles. The van der Waals surface area contributed by atoms with Crippen molar-refractivity contribution in [1.82, 2.24) is 0 Å². The Balaban J connectivity index is 1.32. The number of allylic oxidation sites excluding steroid dienone is 2. The molecule has 51 heavy (non-hydrogen) atoms. The molecular formula is C51H48. The summed E-state index contributed by atoms with van der Waals surface area (Å²) >= 11 is 0. The summed E-state index contributed by atoms with van der Waals surface area (Å²) in [5.74, 6) is 0.983. The van der Waals surface area contributed by atoms with Crippen LogP contribution in [-0.4, -0.2) is 0 Å². The molecule has 0 aliphatic heterocycles. The summed E-state index contributed by atoms with van der Waals surface area (Å²) < 4.78 is 0. The lowest BCUT2D eigenvalue weighted by molar-refractivity contribution is 0.414. The lowest BCUT2D eigenvalue weighted by Gasteiger charge is -2.38. The lowest BCUT2D eigenvalue weighted by Crippen LogP contribution is -2.32. The molecule has 6 aromatic carbocycles. The summed E-state index contributed by atoms with van der Waals surface area (Å²) in [5.41, 5.74) is 19.4. The average molecular weight is 661 g/mol. The molecule has 0 N–H and O–H groups in total. The SMILES string of the molecule is CC(C)c1cccc(-c2cccc3c2C=C(C(Cc2ccccc2)(Cc2ccccc2)C2=Cc4c(cccc4-c4cccc(C(C)C)c4)C2)C3)c1. The normalized spacial score (nSPS) is 13.7. The molecule has 8 rings (SSSR count). The van der Waals surface area contributed by atoms with Gasteiger partial charge >= 0.3 is 0 Å². The fourth-order valence-electron chi connectivity index (χ4n) is 8.60. The van der Waals surface area contributed by atoms with Crippen LogP contribution in [0.1, 0.15) is 84.0 Å². The highest BCUT2D eigenvalue weighted by atomic mass is 14.5. The van der Waals surface area contributed by atoms with E-state index in [1.54, 1.807) is 0 Å². The molecule has 0 saturated carbocycles. The van der Waals surface area contributed by atoms with Crippen LogP contribution in [0.3, 0.4) is 0 Å².